The molecule has 0 saturated heterocycles. The fraction of sp³-hybridized carbons (Fsp3) is 0.240. The van der Waals surface area contributed by atoms with Crippen LogP contribution < -0.4 is 14.8 Å². The van der Waals surface area contributed by atoms with E-state index in [4.69, 9.17) is 32.7 Å². The van der Waals surface area contributed by atoms with E-state index < -0.39 is 22.0 Å². The van der Waals surface area contributed by atoms with Gasteiger partial charge >= 0.3 is 0 Å². The zero-order chi connectivity index (χ0) is 25.6. The van der Waals surface area contributed by atoms with Crippen LogP contribution in [0.15, 0.2) is 71.6 Å². The number of rotatable bonds is 10. The van der Waals surface area contributed by atoms with Gasteiger partial charge in [-0.3, -0.25) is 4.79 Å². The van der Waals surface area contributed by atoms with Crippen LogP contribution in [0.2, 0.25) is 10.0 Å². The van der Waals surface area contributed by atoms with E-state index in [0.29, 0.717) is 27.1 Å². The maximum atomic E-state index is 13.4. The van der Waals surface area contributed by atoms with E-state index in [1.165, 1.54) is 31.4 Å². The molecule has 0 bridgehead atoms. The van der Waals surface area contributed by atoms with Crippen LogP contribution in [-0.4, -0.2) is 39.4 Å². The number of ether oxygens (including phenoxy) is 2. The number of benzene rings is 3. The Kier molecular flexibility index (Phi) is 9.02. The average Bonchev–Trinajstić information content (AvgIpc) is 2.84. The van der Waals surface area contributed by atoms with Crippen molar-refractivity contribution in [1.29, 1.82) is 0 Å². The quantitative estimate of drug-likeness (QED) is 0.390. The van der Waals surface area contributed by atoms with Gasteiger partial charge in [0.25, 0.3) is 0 Å². The molecule has 0 heterocycles. The van der Waals surface area contributed by atoms with E-state index >= 15 is 0 Å². The molecule has 186 valence electrons. The van der Waals surface area contributed by atoms with Crippen molar-refractivity contribution in [3.05, 3.63) is 87.9 Å². The van der Waals surface area contributed by atoms with E-state index in [1.807, 2.05) is 6.07 Å². The molecule has 35 heavy (non-hydrogen) atoms. The normalized spacial score (nSPS) is 12.3. The fourth-order valence-corrected chi connectivity index (χ4v) is 5.06. The Balaban J connectivity index is 1.83. The maximum Gasteiger partial charge on any atom is 0.243 e. The lowest BCUT2D eigenvalue weighted by Gasteiger charge is -2.23. The summed E-state index contributed by atoms with van der Waals surface area (Å²) in [5.74, 6) is 0.637. The zero-order valence-corrected chi connectivity index (χ0v) is 21.8. The number of hydrogen-bond acceptors (Lipinski definition) is 5. The summed E-state index contributed by atoms with van der Waals surface area (Å²) in [6.45, 7) is 1.40. The molecule has 7 nitrogen and oxygen atoms in total. The summed E-state index contributed by atoms with van der Waals surface area (Å²) in [7, 11) is -0.927. The Morgan fingerprint density at radius 2 is 1.49 bits per heavy atom. The molecule has 0 spiro atoms. The van der Waals surface area contributed by atoms with Crippen LogP contribution >= 0.6 is 23.2 Å². The van der Waals surface area contributed by atoms with E-state index in [1.54, 1.807) is 50.4 Å². The molecule has 3 aromatic carbocycles. The molecule has 1 atom stereocenters. The maximum absolute atomic E-state index is 13.4. The number of carbonyl (C=O) groups excluding carboxylic acids is 1. The second-order valence-electron chi connectivity index (χ2n) is 7.76. The summed E-state index contributed by atoms with van der Waals surface area (Å²) in [5, 5.41) is 3.80. The van der Waals surface area contributed by atoms with Crippen molar-refractivity contribution >= 4 is 39.1 Å². The Morgan fingerprint density at radius 1 is 0.914 bits per heavy atom. The second-order valence-corrected chi connectivity index (χ2v) is 10.6. The highest BCUT2D eigenvalue weighted by atomic mass is 35.5. The Labute approximate surface area is 215 Å². The van der Waals surface area contributed by atoms with Crippen LogP contribution in [0.4, 0.5) is 0 Å². The van der Waals surface area contributed by atoms with E-state index in [-0.39, 0.29) is 18.0 Å². The fourth-order valence-electron chi connectivity index (χ4n) is 3.43. The van der Waals surface area contributed by atoms with Crippen molar-refractivity contribution in [1.82, 2.24) is 9.62 Å². The van der Waals surface area contributed by atoms with Crippen molar-refractivity contribution < 1.29 is 22.7 Å². The molecule has 0 aliphatic heterocycles. The molecule has 0 saturated carbocycles. The highest BCUT2D eigenvalue weighted by Crippen LogP contribution is 2.30. The molecular weight excluding hydrogens is 511 g/mol. The SMILES string of the molecule is COc1ccc([C@@H](C)NC(=O)CN(Cc2ccc(Cl)cc2)S(=O)(=O)c2ccc(Cl)cc2)cc1OC. The van der Waals surface area contributed by atoms with Crippen LogP contribution in [0.5, 0.6) is 11.5 Å². The third-order valence-electron chi connectivity index (χ3n) is 5.33. The summed E-state index contributed by atoms with van der Waals surface area (Å²) in [5.41, 5.74) is 1.47. The van der Waals surface area contributed by atoms with Gasteiger partial charge in [-0.2, -0.15) is 4.31 Å². The van der Waals surface area contributed by atoms with Gasteiger partial charge in [-0.15, -0.1) is 0 Å². The van der Waals surface area contributed by atoms with Crippen LogP contribution in [0.3, 0.4) is 0 Å². The molecule has 10 heteroatoms. The number of nitrogens with one attached hydrogen (secondary N) is 1. The zero-order valence-electron chi connectivity index (χ0n) is 19.5. The van der Waals surface area contributed by atoms with Gasteiger partial charge in [0.05, 0.1) is 31.7 Å². The lowest BCUT2D eigenvalue weighted by molar-refractivity contribution is -0.122. The first-order valence-electron chi connectivity index (χ1n) is 10.7. The molecule has 0 aliphatic rings. The van der Waals surface area contributed by atoms with Gasteiger partial charge < -0.3 is 14.8 Å². The van der Waals surface area contributed by atoms with Crippen LogP contribution in [0.1, 0.15) is 24.1 Å². The highest BCUT2D eigenvalue weighted by molar-refractivity contribution is 7.89. The van der Waals surface area contributed by atoms with Gasteiger partial charge in [0, 0.05) is 16.6 Å². The van der Waals surface area contributed by atoms with Crippen molar-refractivity contribution in [2.45, 2.75) is 24.4 Å². The summed E-state index contributed by atoms with van der Waals surface area (Å²) in [6.07, 6.45) is 0. The molecule has 3 rings (SSSR count). The molecule has 1 amide bonds. The molecule has 0 fully saturated rings. The van der Waals surface area contributed by atoms with Crippen molar-refractivity contribution in [3.8, 4) is 11.5 Å². The van der Waals surface area contributed by atoms with Crippen LogP contribution in [-0.2, 0) is 21.4 Å². The smallest absolute Gasteiger partial charge is 0.243 e. The molecule has 0 aromatic heterocycles. The molecule has 0 aliphatic carbocycles. The van der Waals surface area contributed by atoms with Crippen LogP contribution in [0.25, 0.3) is 0 Å². The van der Waals surface area contributed by atoms with Gasteiger partial charge in [-0.1, -0.05) is 41.4 Å². The predicted molar refractivity (Wildman–Crippen MR) is 137 cm³/mol. The van der Waals surface area contributed by atoms with Crippen molar-refractivity contribution in [2.24, 2.45) is 0 Å². The minimum atomic E-state index is -4.00. The summed E-state index contributed by atoms with van der Waals surface area (Å²) < 4.78 is 38.5. The van der Waals surface area contributed by atoms with E-state index in [9.17, 15) is 13.2 Å². The van der Waals surface area contributed by atoms with Crippen molar-refractivity contribution in [3.63, 3.8) is 0 Å². The van der Waals surface area contributed by atoms with Gasteiger partial charge in [0.15, 0.2) is 11.5 Å². The topological polar surface area (TPSA) is 84.9 Å². The van der Waals surface area contributed by atoms with Gasteiger partial charge in [-0.25, -0.2) is 8.42 Å². The lowest BCUT2D eigenvalue weighted by atomic mass is 10.1. The number of methoxy groups -OCH3 is 2. The first-order chi connectivity index (χ1) is 16.6. The van der Waals surface area contributed by atoms with Gasteiger partial charge in [0.2, 0.25) is 15.9 Å². The average molecular weight is 537 g/mol. The Morgan fingerprint density at radius 3 is 2.06 bits per heavy atom. The van der Waals surface area contributed by atoms with E-state index in [2.05, 4.69) is 5.32 Å². The van der Waals surface area contributed by atoms with Gasteiger partial charge in [0.1, 0.15) is 0 Å². The standard InChI is InChI=1S/C25H26Cl2N2O5S/c1-17(19-6-13-23(33-2)24(14-19)34-3)28-25(30)16-29(15-18-4-7-20(26)8-5-18)35(31,32)22-11-9-21(27)10-12-22/h4-14,17H,15-16H2,1-3H3,(H,28,30)/t17-/m1/s1. The van der Waals surface area contributed by atoms with Crippen LogP contribution in [0, 0.1) is 0 Å². The molecule has 3 aromatic rings. The first kappa shape index (κ1) is 26.8. The Hall–Kier alpha value is -2.78. The van der Waals surface area contributed by atoms with Crippen molar-refractivity contribution in [2.75, 3.05) is 20.8 Å². The third-order valence-corrected chi connectivity index (χ3v) is 7.64. The number of halogens is 2. The number of hydrogen-bond donors (Lipinski definition) is 1. The highest BCUT2D eigenvalue weighted by Gasteiger charge is 2.27. The van der Waals surface area contributed by atoms with Gasteiger partial charge in [-0.05, 0) is 66.6 Å². The summed E-state index contributed by atoms with van der Waals surface area (Å²) >= 11 is 11.9. The lowest BCUT2D eigenvalue weighted by Crippen LogP contribution is -2.41. The number of carbonyl (C=O) groups is 1. The molecule has 0 radical (unpaired) electrons. The number of sulfonamides is 1. The molecular formula is C25H26Cl2N2O5S. The monoisotopic (exact) mass is 536 g/mol. The molecule has 0 unspecified atom stereocenters. The third kappa shape index (κ3) is 6.89. The molecule has 1 N–H and O–H groups in total. The predicted octanol–water partition coefficient (Wildman–Crippen LogP) is 5.08. The largest absolute Gasteiger partial charge is 0.493 e. The first-order valence-corrected chi connectivity index (χ1v) is 12.8. The van der Waals surface area contributed by atoms with E-state index in [0.717, 1.165) is 9.87 Å². The minimum Gasteiger partial charge on any atom is -0.493 e. The second kappa shape index (κ2) is 11.8. The minimum absolute atomic E-state index is 0.0136. The Bertz CT molecular complexity index is 1270. The number of amides is 1. The number of nitrogens with zero attached hydrogens (tertiary/aromatic N) is 1. The summed E-state index contributed by atoms with van der Waals surface area (Å²) in [4.78, 5) is 13.0. The summed E-state index contributed by atoms with van der Waals surface area (Å²) in [6, 6.07) is 17.5.